The largest absolute Gasteiger partial charge is 0.494 e. The minimum absolute atomic E-state index is 0.195. The van der Waals surface area contributed by atoms with E-state index in [2.05, 4.69) is 12.2 Å². The summed E-state index contributed by atoms with van der Waals surface area (Å²) in [6.45, 7) is 4.38. The molecule has 1 aromatic carbocycles. The number of ether oxygens (including phenoxy) is 2. The zero-order chi connectivity index (χ0) is 16.7. The van der Waals surface area contributed by atoms with Crippen molar-refractivity contribution in [2.75, 3.05) is 13.2 Å². The standard InChI is InChI=1S/C18H25NO4/c1-3-22-15-10-8-14(9-11-15)18(21)23-12-17(20)19-16-7-5-4-6-13(16)2/h8-11,13,16H,3-7,12H2,1-2H3,(H,19,20)/t13-,16+/m0/s1. The van der Waals surface area contributed by atoms with Crippen molar-refractivity contribution in [3.05, 3.63) is 29.8 Å². The van der Waals surface area contributed by atoms with Gasteiger partial charge in [-0.3, -0.25) is 4.79 Å². The maximum atomic E-state index is 11.9. The molecule has 5 nitrogen and oxygen atoms in total. The summed E-state index contributed by atoms with van der Waals surface area (Å²) in [5.41, 5.74) is 0.410. The minimum Gasteiger partial charge on any atom is -0.494 e. The van der Waals surface area contributed by atoms with Crippen LogP contribution in [0.1, 0.15) is 49.9 Å². The first-order valence-corrected chi connectivity index (χ1v) is 8.29. The van der Waals surface area contributed by atoms with Gasteiger partial charge in [0.2, 0.25) is 0 Å². The van der Waals surface area contributed by atoms with Crippen molar-refractivity contribution in [1.82, 2.24) is 5.32 Å². The van der Waals surface area contributed by atoms with E-state index < -0.39 is 5.97 Å². The van der Waals surface area contributed by atoms with Crippen molar-refractivity contribution in [3.63, 3.8) is 0 Å². The Balaban J connectivity index is 1.77. The van der Waals surface area contributed by atoms with Crippen LogP contribution in [0, 0.1) is 5.92 Å². The monoisotopic (exact) mass is 319 g/mol. The molecule has 23 heavy (non-hydrogen) atoms. The molecule has 1 fully saturated rings. The lowest BCUT2D eigenvalue weighted by Crippen LogP contribution is -2.42. The molecule has 0 spiro atoms. The molecule has 5 heteroatoms. The van der Waals surface area contributed by atoms with Crippen molar-refractivity contribution in [3.8, 4) is 5.75 Å². The van der Waals surface area contributed by atoms with Crippen LogP contribution in [-0.4, -0.2) is 31.1 Å². The van der Waals surface area contributed by atoms with Crippen molar-refractivity contribution in [2.45, 2.75) is 45.6 Å². The fourth-order valence-corrected chi connectivity index (χ4v) is 2.85. The van der Waals surface area contributed by atoms with Gasteiger partial charge in [0, 0.05) is 6.04 Å². The second-order valence-electron chi connectivity index (χ2n) is 5.97. The predicted molar refractivity (Wildman–Crippen MR) is 87.5 cm³/mol. The lowest BCUT2D eigenvalue weighted by Gasteiger charge is -2.29. The highest BCUT2D eigenvalue weighted by Gasteiger charge is 2.23. The molecule has 0 saturated heterocycles. The molecule has 0 radical (unpaired) electrons. The van der Waals surface area contributed by atoms with E-state index in [0.717, 1.165) is 19.3 Å². The third-order valence-corrected chi connectivity index (χ3v) is 4.19. The summed E-state index contributed by atoms with van der Waals surface area (Å²) >= 11 is 0. The Hall–Kier alpha value is -2.04. The van der Waals surface area contributed by atoms with E-state index in [4.69, 9.17) is 9.47 Å². The smallest absolute Gasteiger partial charge is 0.338 e. The maximum absolute atomic E-state index is 11.9. The third-order valence-electron chi connectivity index (χ3n) is 4.19. The van der Waals surface area contributed by atoms with Crippen molar-refractivity contribution in [2.24, 2.45) is 5.92 Å². The minimum atomic E-state index is -0.500. The molecule has 1 aromatic rings. The van der Waals surface area contributed by atoms with Crippen LogP contribution >= 0.6 is 0 Å². The normalized spacial score (nSPS) is 20.6. The molecule has 126 valence electrons. The van der Waals surface area contributed by atoms with Gasteiger partial charge < -0.3 is 14.8 Å². The summed E-state index contributed by atoms with van der Waals surface area (Å²) in [7, 11) is 0. The molecule has 0 aliphatic heterocycles. The van der Waals surface area contributed by atoms with Gasteiger partial charge in [0.15, 0.2) is 6.61 Å². The average Bonchev–Trinajstić information content (AvgIpc) is 2.56. The van der Waals surface area contributed by atoms with E-state index >= 15 is 0 Å². The zero-order valence-electron chi connectivity index (χ0n) is 13.8. The van der Waals surface area contributed by atoms with Crippen LogP contribution in [0.15, 0.2) is 24.3 Å². The van der Waals surface area contributed by atoms with Crippen LogP contribution in [0.4, 0.5) is 0 Å². The number of amides is 1. The molecule has 0 bridgehead atoms. The quantitative estimate of drug-likeness (QED) is 0.819. The number of hydrogen-bond acceptors (Lipinski definition) is 4. The molecule has 1 N–H and O–H groups in total. The highest BCUT2D eigenvalue weighted by Crippen LogP contribution is 2.23. The fraction of sp³-hybridized carbons (Fsp3) is 0.556. The second kappa shape index (κ2) is 8.56. The topological polar surface area (TPSA) is 64.6 Å². The maximum Gasteiger partial charge on any atom is 0.338 e. The fourth-order valence-electron chi connectivity index (χ4n) is 2.85. The summed E-state index contributed by atoms with van der Waals surface area (Å²) in [5.74, 6) is 0.450. The molecule has 1 aliphatic rings. The summed E-state index contributed by atoms with van der Waals surface area (Å²) in [6, 6.07) is 6.89. The Morgan fingerprint density at radius 3 is 2.52 bits per heavy atom. The second-order valence-corrected chi connectivity index (χ2v) is 5.97. The van der Waals surface area contributed by atoms with Gasteiger partial charge in [-0.1, -0.05) is 19.8 Å². The van der Waals surface area contributed by atoms with Crippen molar-refractivity contribution >= 4 is 11.9 Å². The Morgan fingerprint density at radius 2 is 1.87 bits per heavy atom. The van der Waals surface area contributed by atoms with Crippen molar-refractivity contribution in [1.29, 1.82) is 0 Å². The Labute approximate surface area is 137 Å². The highest BCUT2D eigenvalue weighted by molar-refractivity contribution is 5.91. The number of benzene rings is 1. The van der Waals surface area contributed by atoms with E-state index in [9.17, 15) is 9.59 Å². The number of rotatable bonds is 6. The first kappa shape index (κ1) is 17.3. The molecular formula is C18H25NO4. The number of esters is 1. The third kappa shape index (κ3) is 5.27. The van der Waals surface area contributed by atoms with Gasteiger partial charge in [0.25, 0.3) is 5.91 Å². The van der Waals surface area contributed by atoms with E-state index in [0.29, 0.717) is 23.8 Å². The van der Waals surface area contributed by atoms with Crippen LogP contribution in [0.25, 0.3) is 0 Å². The SMILES string of the molecule is CCOc1ccc(C(=O)OCC(=O)N[C@@H]2CCCC[C@@H]2C)cc1. The van der Waals surface area contributed by atoms with E-state index in [1.165, 1.54) is 6.42 Å². The Morgan fingerprint density at radius 1 is 1.17 bits per heavy atom. The van der Waals surface area contributed by atoms with Crippen LogP contribution in [-0.2, 0) is 9.53 Å². The first-order chi connectivity index (χ1) is 11.1. The number of carbonyl (C=O) groups is 2. The van der Waals surface area contributed by atoms with Gasteiger partial charge >= 0.3 is 5.97 Å². The molecule has 1 aliphatic carbocycles. The van der Waals surface area contributed by atoms with Crippen LogP contribution in [0.3, 0.4) is 0 Å². The summed E-state index contributed by atoms with van der Waals surface area (Å²) in [6.07, 6.45) is 4.50. The molecule has 1 saturated carbocycles. The Kier molecular flexibility index (Phi) is 6.44. The van der Waals surface area contributed by atoms with Gasteiger partial charge in [-0.2, -0.15) is 0 Å². The van der Waals surface area contributed by atoms with Gasteiger partial charge in [0.1, 0.15) is 5.75 Å². The number of carbonyl (C=O) groups excluding carboxylic acids is 2. The molecule has 1 amide bonds. The van der Waals surface area contributed by atoms with Crippen LogP contribution in [0.2, 0.25) is 0 Å². The summed E-state index contributed by atoms with van der Waals surface area (Å²) in [5, 5.41) is 2.97. The highest BCUT2D eigenvalue weighted by atomic mass is 16.5. The molecule has 0 aromatic heterocycles. The van der Waals surface area contributed by atoms with E-state index in [1.807, 2.05) is 6.92 Å². The number of nitrogens with one attached hydrogen (secondary N) is 1. The summed E-state index contributed by atoms with van der Waals surface area (Å²) < 4.78 is 10.4. The summed E-state index contributed by atoms with van der Waals surface area (Å²) in [4.78, 5) is 23.9. The zero-order valence-corrected chi connectivity index (χ0v) is 13.8. The average molecular weight is 319 g/mol. The first-order valence-electron chi connectivity index (χ1n) is 8.29. The molecule has 0 heterocycles. The van der Waals surface area contributed by atoms with Crippen molar-refractivity contribution < 1.29 is 19.1 Å². The Bertz CT molecular complexity index is 526. The van der Waals surface area contributed by atoms with E-state index in [1.54, 1.807) is 24.3 Å². The lowest BCUT2D eigenvalue weighted by atomic mass is 9.86. The van der Waals surface area contributed by atoms with Gasteiger partial charge in [-0.15, -0.1) is 0 Å². The van der Waals surface area contributed by atoms with E-state index in [-0.39, 0.29) is 18.6 Å². The molecule has 0 unspecified atom stereocenters. The van der Waals surface area contributed by atoms with Gasteiger partial charge in [-0.05, 0) is 49.9 Å². The van der Waals surface area contributed by atoms with Crippen LogP contribution in [0.5, 0.6) is 5.75 Å². The van der Waals surface area contributed by atoms with Crippen LogP contribution < -0.4 is 10.1 Å². The molecule has 2 rings (SSSR count). The van der Waals surface area contributed by atoms with Gasteiger partial charge in [-0.25, -0.2) is 4.79 Å². The predicted octanol–water partition coefficient (Wildman–Crippen LogP) is 2.94. The molecular weight excluding hydrogens is 294 g/mol. The lowest BCUT2D eigenvalue weighted by molar-refractivity contribution is -0.125. The molecule has 2 atom stereocenters. The number of hydrogen-bond donors (Lipinski definition) is 1. The van der Waals surface area contributed by atoms with Gasteiger partial charge in [0.05, 0.1) is 12.2 Å².